The third-order valence-electron chi connectivity index (χ3n) is 5.51. The van der Waals surface area contributed by atoms with E-state index in [-0.39, 0.29) is 30.5 Å². The van der Waals surface area contributed by atoms with E-state index in [0.717, 1.165) is 30.7 Å². The van der Waals surface area contributed by atoms with Gasteiger partial charge in [-0.2, -0.15) is 0 Å². The number of carbonyl (C=O) groups is 2. The molecule has 1 aromatic rings. The van der Waals surface area contributed by atoms with Gasteiger partial charge in [0.1, 0.15) is 5.75 Å². The number of carboxylic acid groups (broad SMARTS) is 1. The Labute approximate surface area is 154 Å². The molecule has 0 bridgehead atoms. The van der Waals surface area contributed by atoms with Gasteiger partial charge in [0.25, 0.3) is 0 Å². The van der Waals surface area contributed by atoms with E-state index in [4.69, 9.17) is 9.84 Å². The molecule has 0 aliphatic heterocycles. The number of ether oxygens (including phenoxy) is 1. The Morgan fingerprint density at radius 1 is 1.27 bits per heavy atom. The van der Waals surface area contributed by atoms with Crippen molar-refractivity contribution in [1.29, 1.82) is 0 Å². The average molecular weight is 360 g/mol. The molecule has 0 aromatic heterocycles. The van der Waals surface area contributed by atoms with Crippen LogP contribution in [0.4, 0.5) is 0 Å². The number of hydrogen-bond donors (Lipinski definition) is 2. The molecule has 26 heavy (non-hydrogen) atoms. The molecule has 1 amide bonds. The normalized spacial score (nSPS) is 23.2. The standard InChI is InChI=1S/C20H28N2O4/c1-13(15-5-7-18(26-2)8-6-15)20(25)21-16-9-17(10-16)22(12-19(23)24)11-14-3-4-14/h5-8,13-14,16-17H,3-4,9-12H2,1-2H3,(H,21,25)(H,23,24)/t13-,16?,17?/m1/s1. The molecule has 2 aliphatic rings. The van der Waals surface area contributed by atoms with Crippen molar-refractivity contribution in [1.82, 2.24) is 10.2 Å². The molecule has 0 heterocycles. The fraction of sp³-hybridized carbons (Fsp3) is 0.600. The molecule has 142 valence electrons. The van der Waals surface area contributed by atoms with Crippen LogP contribution in [0.25, 0.3) is 0 Å². The lowest BCUT2D eigenvalue weighted by molar-refractivity contribution is -0.140. The Kier molecular flexibility index (Phi) is 5.81. The highest BCUT2D eigenvalue weighted by Crippen LogP contribution is 2.34. The molecule has 3 rings (SSSR count). The van der Waals surface area contributed by atoms with Gasteiger partial charge in [0, 0.05) is 18.6 Å². The summed E-state index contributed by atoms with van der Waals surface area (Å²) in [6, 6.07) is 7.96. The molecule has 0 spiro atoms. The van der Waals surface area contributed by atoms with Gasteiger partial charge in [-0.3, -0.25) is 14.5 Å². The summed E-state index contributed by atoms with van der Waals surface area (Å²) in [4.78, 5) is 25.7. The van der Waals surface area contributed by atoms with Gasteiger partial charge in [-0.05, 0) is 56.2 Å². The highest BCUT2D eigenvalue weighted by Gasteiger charge is 2.38. The number of carboxylic acids is 1. The van der Waals surface area contributed by atoms with Crippen LogP contribution in [-0.4, -0.2) is 54.2 Å². The lowest BCUT2D eigenvalue weighted by Crippen LogP contribution is -2.55. The summed E-state index contributed by atoms with van der Waals surface area (Å²) in [5.41, 5.74) is 0.959. The summed E-state index contributed by atoms with van der Waals surface area (Å²) >= 11 is 0. The summed E-state index contributed by atoms with van der Waals surface area (Å²) in [7, 11) is 1.62. The molecular formula is C20H28N2O4. The topological polar surface area (TPSA) is 78.9 Å². The van der Waals surface area contributed by atoms with Crippen LogP contribution >= 0.6 is 0 Å². The zero-order chi connectivity index (χ0) is 18.7. The summed E-state index contributed by atoms with van der Waals surface area (Å²) in [5.74, 6) is 0.467. The number of carbonyl (C=O) groups excluding carboxylic acids is 1. The van der Waals surface area contributed by atoms with Gasteiger partial charge in [-0.1, -0.05) is 12.1 Å². The summed E-state index contributed by atoms with van der Waals surface area (Å²) < 4.78 is 5.15. The molecule has 0 saturated heterocycles. The number of aliphatic carboxylic acids is 1. The molecule has 6 nitrogen and oxygen atoms in total. The second-order valence-corrected chi connectivity index (χ2v) is 7.59. The van der Waals surface area contributed by atoms with Gasteiger partial charge < -0.3 is 15.2 Å². The van der Waals surface area contributed by atoms with Crippen molar-refractivity contribution < 1.29 is 19.4 Å². The molecule has 2 aliphatic carbocycles. The fourth-order valence-electron chi connectivity index (χ4n) is 3.52. The minimum atomic E-state index is -0.772. The summed E-state index contributed by atoms with van der Waals surface area (Å²) in [5, 5.41) is 12.2. The summed E-state index contributed by atoms with van der Waals surface area (Å²) in [6.07, 6.45) is 4.09. The van der Waals surface area contributed by atoms with Gasteiger partial charge in [0.15, 0.2) is 0 Å². The molecule has 0 radical (unpaired) electrons. The molecule has 2 N–H and O–H groups in total. The van der Waals surface area contributed by atoms with E-state index in [1.807, 2.05) is 31.2 Å². The lowest BCUT2D eigenvalue weighted by Gasteiger charge is -2.43. The number of methoxy groups -OCH3 is 1. The Balaban J connectivity index is 1.47. The molecule has 2 saturated carbocycles. The maximum atomic E-state index is 12.5. The highest BCUT2D eigenvalue weighted by atomic mass is 16.5. The molecule has 6 heteroatoms. The zero-order valence-electron chi connectivity index (χ0n) is 15.5. The second kappa shape index (κ2) is 8.08. The van der Waals surface area contributed by atoms with E-state index in [0.29, 0.717) is 5.92 Å². The third-order valence-corrected chi connectivity index (χ3v) is 5.51. The van der Waals surface area contributed by atoms with Crippen LogP contribution in [0, 0.1) is 5.92 Å². The van der Waals surface area contributed by atoms with Crippen LogP contribution in [0.1, 0.15) is 44.1 Å². The van der Waals surface area contributed by atoms with Crippen LogP contribution in [0.15, 0.2) is 24.3 Å². The number of hydrogen-bond acceptors (Lipinski definition) is 4. The van der Waals surface area contributed by atoms with Crippen molar-refractivity contribution in [3.05, 3.63) is 29.8 Å². The minimum Gasteiger partial charge on any atom is -0.497 e. The lowest BCUT2D eigenvalue weighted by atomic mass is 9.84. The Bertz CT molecular complexity index is 636. The van der Waals surface area contributed by atoms with Crippen LogP contribution in [0.3, 0.4) is 0 Å². The van der Waals surface area contributed by atoms with E-state index >= 15 is 0 Å². The maximum absolute atomic E-state index is 12.5. The third kappa shape index (κ3) is 4.75. The number of nitrogens with one attached hydrogen (secondary N) is 1. The monoisotopic (exact) mass is 360 g/mol. The van der Waals surface area contributed by atoms with E-state index < -0.39 is 5.97 Å². The van der Waals surface area contributed by atoms with Crippen molar-refractivity contribution >= 4 is 11.9 Å². The summed E-state index contributed by atoms with van der Waals surface area (Å²) in [6.45, 7) is 2.88. The van der Waals surface area contributed by atoms with Crippen LogP contribution < -0.4 is 10.1 Å². The zero-order valence-corrected chi connectivity index (χ0v) is 15.5. The maximum Gasteiger partial charge on any atom is 0.317 e. The van der Waals surface area contributed by atoms with Crippen LogP contribution in [0.2, 0.25) is 0 Å². The van der Waals surface area contributed by atoms with Gasteiger partial charge >= 0.3 is 5.97 Å². The van der Waals surface area contributed by atoms with Crippen molar-refractivity contribution in [2.24, 2.45) is 5.92 Å². The predicted molar refractivity (Wildman–Crippen MR) is 98.3 cm³/mol. The van der Waals surface area contributed by atoms with Crippen molar-refractivity contribution in [2.75, 3.05) is 20.2 Å². The number of nitrogens with zero attached hydrogens (tertiary/aromatic N) is 1. The predicted octanol–water partition coefficient (Wildman–Crippen LogP) is 2.24. The van der Waals surface area contributed by atoms with Gasteiger partial charge in [-0.15, -0.1) is 0 Å². The SMILES string of the molecule is COc1ccc([C@@H](C)C(=O)NC2CC(N(CC(=O)O)CC3CC3)C2)cc1. The highest BCUT2D eigenvalue weighted by molar-refractivity contribution is 5.83. The number of benzene rings is 1. The van der Waals surface area contributed by atoms with E-state index in [9.17, 15) is 9.59 Å². The number of rotatable bonds is 9. The van der Waals surface area contributed by atoms with Gasteiger partial charge in [0.2, 0.25) is 5.91 Å². The molecule has 0 unspecified atom stereocenters. The Morgan fingerprint density at radius 2 is 1.92 bits per heavy atom. The van der Waals surface area contributed by atoms with Crippen molar-refractivity contribution in [3.8, 4) is 5.75 Å². The molecular weight excluding hydrogens is 332 g/mol. The van der Waals surface area contributed by atoms with Gasteiger partial charge in [-0.25, -0.2) is 0 Å². The number of amides is 1. The Hall–Kier alpha value is -2.08. The first-order valence-electron chi connectivity index (χ1n) is 9.36. The minimum absolute atomic E-state index is 0.0191. The molecule has 1 aromatic carbocycles. The van der Waals surface area contributed by atoms with Crippen LogP contribution in [0.5, 0.6) is 5.75 Å². The van der Waals surface area contributed by atoms with Gasteiger partial charge in [0.05, 0.1) is 19.6 Å². The van der Waals surface area contributed by atoms with E-state index in [1.54, 1.807) is 7.11 Å². The van der Waals surface area contributed by atoms with Crippen molar-refractivity contribution in [3.63, 3.8) is 0 Å². The van der Waals surface area contributed by atoms with E-state index in [1.165, 1.54) is 12.8 Å². The molecule has 2 fully saturated rings. The first-order valence-corrected chi connectivity index (χ1v) is 9.36. The average Bonchev–Trinajstić information content (AvgIpc) is 3.40. The Morgan fingerprint density at radius 3 is 2.46 bits per heavy atom. The first-order chi connectivity index (χ1) is 12.5. The van der Waals surface area contributed by atoms with E-state index in [2.05, 4.69) is 10.2 Å². The quantitative estimate of drug-likeness (QED) is 0.706. The van der Waals surface area contributed by atoms with Crippen LogP contribution in [-0.2, 0) is 9.59 Å². The first kappa shape index (κ1) is 18.7. The smallest absolute Gasteiger partial charge is 0.317 e. The largest absolute Gasteiger partial charge is 0.497 e. The second-order valence-electron chi connectivity index (χ2n) is 7.59. The fourth-order valence-corrected chi connectivity index (χ4v) is 3.52. The molecule has 1 atom stereocenters. The van der Waals surface area contributed by atoms with Crippen molar-refractivity contribution in [2.45, 2.75) is 50.6 Å².